The number of hydrogen-bond acceptors (Lipinski definition) is 2. The van der Waals surface area contributed by atoms with Gasteiger partial charge in [-0.2, -0.15) is 8.42 Å². The molecule has 1 aliphatic heterocycles. The van der Waals surface area contributed by atoms with Gasteiger partial charge in [-0.05, 0) is 40.6 Å². The summed E-state index contributed by atoms with van der Waals surface area (Å²) >= 11 is 0. The van der Waals surface area contributed by atoms with Gasteiger partial charge in [0.2, 0.25) is 0 Å². The molecule has 0 unspecified atom stereocenters. The van der Waals surface area contributed by atoms with Gasteiger partial charge in [-0.15, -0.1) is 3.77 Å². The lowest BCUT2D eigenvalue weighted by atomic mass is 10.2. The fraction of sp³-hybridized carbons (Fsp3) is 0.0909. The van der Waals surface area contributed by atoms with E-state index in [1.54, 1.807) is 47.2 Å². The molecule has 0 aromatic heterocycles. The van der Waals surface area contributed by atoms with Gasteiger partial charge in [0.25, 0.3) is 10.0 Å². The Kier molecular flexibility index (Phi) is 3.07. The van der Waals surface area contributed by atoms with Crippen LogP contribution in [0, 0.1) is 6.92 Å². The van der Waals surface area contributed by atoms with Crippen LogP contribution in [0.3, 0.4) is 0 Å². The number of hydrogen-bond donors (Lipinski definition) is 0. The molecule has 0 bridgehead atoms. The van der Waals surface area contributed by atoms with Crippen LogP contribution in [0.5, 0.6) is 0 Å². The number of nitrogens with zero attached hydrogens (tertiary/aromatic N) is 1. The number of allylic oxidation sites excluding steroid dienone is 2. The van der Waals surface area contributed by atoms with E-state index >= 15 is 0 Å². The molecule has 3 nitrogen and oxygen atoms in total. The van der Waals surface area contributed by atoms with Crippen molar-refractivity contribution in [3.05, 3.63) is 52.8 Å². The third kappa shape index (κ3) is 2.48. The number of aryl methyl sites for hydroxylation is 1. The van der Waals surface area contributed by atoms with E-state index in [-0.39, 0.29) is 4.90 Å². The summed E-state index contributed by atoms with van der Waals surface area (Å²) in [5.74, 6) is 0. The predicted octanol–water partition coefficient (Wildman–Crippen LogP) is 2.53. The minimum absolute atomic E-state index is 0.249. The Morgan fingerprint density at radius 2 is 1.62 bits per heavy atom. The van der Waals surface area contributed by atoms with Gasteiger partial charge in [-0.25, -0.2) is 0 Å². The molecule has 5 heteroatoms. The molecule has 0 saturated heterocycles. The van der Waals surface area contributed by atoms with Gasteiger partial charge < -0.3 is 0 Å². The molecule has 2 rings (SSSR count). The lowest BCUT2D eigenvalue weighted by Crippen LogP contribution is -1.97. The van der Waals surface area contributed by atoms with E-state index < -0.39 is 20.7 Å². The van der Waals surface area contributed by atoms with Gasteiger partial charge in [0, 0.05) is 0 Å². The Hall–Kier alpha value is -1.20. The highest BCUT2D eigenvalue weighted by atomic mass is 32.3. The molecule has 0 fully saturated rings. The molecule has 0 radical (unpaired) electrons. The number of benzene rings is 1. The minimum atomic E-state index is -3.53. The monoisotopic (exact) mass is 253 g/mol. The predicted molar refractivity (Wildman–Crippen MR) is 66.4 cm³/mol. The molecular formula is C11H11NO2S2. The third-order valence-corrected chi connectivity index (χ3v) is 5.26. The zero-order valence-corrected chi connectivity index (χ0v) is 10.3. The maximum atomic E-state index is 11.9. The molecule has 0 amide bonds. The van der Waals surface area contributed by atoms with Crippen LogP contribution in [-0.2, 0) is 20.7 Å². The van der Waals surface area contributed by atoms with Crippen LogP contribution in [-0.4, -0.2) is 8.42 Å². The van der Waals surface area contributed by atoms with Crippen LogP contribution < -0.4 is 0 Å². The Bertz CT molecular complexity index is 567. The van der Waals surface area contributed by atoms with Gasteiger partial charge in [0.05, 0.1) is 4.90 Å². The zero-order valence-electron chi connectivity index (χ0n) is 8.70. The van der Waals surface area contributed by atoms with Crippen LogP contribution in [0.15, 0.2) is 55.9 Å². The van der Waals surface area contributed by atoms with Gasteiger partial charge in [0.1, 0.15) is 0 Å². The minimum Gasteiger partial charge on any atom is -0.199 e. The Morgan fingerprint density at radius 3 is 2.19 bits per heavy atom. The first-order chi connectivity index (χ1) is 7.58. The molecule has 1 aliphatic rings. The quantitative estimate of drug-likeness (QED) is 0.813. The van der Waals surface area contributed by atoms with Crippen LogP contribution in [0.2, 0.25) is 0 Å². The number of sulfonamides is 1. The fourth-order valence-electron chi connectivity index (χ4n) is 1.21. The van der Waals surface area contributed by atoms with Crippen molar-refractivity contribution in [2.75, 3.05) is 0 Å². The summed E-state index contributed by atoms with van der Waals surface area (Å²) in [7, 11) is -4.15. The van der Waals surface area contributed by atoms with Crippen molar-refractivity contribution in [2.24, 2.45) is 3.77 Å². The van der Waals surface area contributed by atoms with E-state index in [0.29, 0.717) is 0 Å². The first kappa shape index (κ1) is 11.3. The molecule has 0 aliphatic carbocycles. The van der Waals surface area contributed by atoms with Crippen molar-refractivity contribution in [3.8, 4) is 0 Å². The topological polar surface area (TPSA) is 46.5 Å². The smallest absolute Gasteiger partial charge is 0.199 e. The van der Waals surface area contributed by atoms with E-state index in [1.165, 1.54) is 0 Å². The second-order valence-corrected chi connectivity index (χ2v) is 6.62. The maximum Gasteiger partial charge on any atom is 0.288 e. The standard InChI is InChI=1S/C11H11NO2S2/c1-10-4-6-11(7-5-10)16(13,14)12-15-8-2-3-9-15/h2-9H,1H3. The highest BCUT2D eigenvalue weighted by Gasteiger charge is 2.12. The first-order valence-corrected chi connectivity index (χ1v) is 7.44. The van der Waals surface area contributed by atoms with Crippen molar-refractivity contribution in [2.45, 2.75) is 11.8 Å². The summed E-state index contributed by atoms with van der Waals surface area (Å²) in [6, 6.07) is 6.71. The Labute approximate surface area is 97.7 Å². The van der Waals surface area contributed by atoms with Crippen LogP contribution in [0.25, 0.3) is 0 Å². The summed E-state index contributed by atoms with van der Waals surface area (Å²) in [6.45, 7) is 1.91. The lowest BCUT2D eigenvalue weighted by molar-refractivity contribution is 0.598. The maximum absolute atomic E-state index is 11.9. The van der Waals surface area contributed by atoms with Crippen molar-refractivity contribution in [1.82, 2.24) is 0 Å². The SMILES string of the molecule is Cc1ccc(S(=O)(=O)N=S2C=CC=C2)cc1. The molecule has 1 aromatic rings. The molecule has 0 N–H and O–H groups in total. The molecule has 0 atom stereocenters. The van der Waals surface area contributed by atoms with E-state index in [4.69, 9.17) is 0 Å². The zero-order chi connectivity index (χ0) is 11.6. The molecule has 0 saturated carbocycles. The van der Waals surface area contributed by atoms with Gasteiger partial charge in [0.15, 0.2) is 0 Å². The van der Waals surface area contributed by atoms with Crippen molar-refractivity contribution < 1.29 is 8.42 Å². The number of rotatable bonds is 2. The Balaban J connectivity index is 2.40. The molecule has 84 valence electrons. The lowest BCUT2D eigenvalue weighted by Gasteiger charge is -1.99. The van der Waals surface area contributed by atoms with Gasteiger partial charge >= 0.3 is 0 Å². The van der Waals surface area contributed by atoms with Crippen LogP contribution in [0.1, 0.15) is 5.56 Å². The second-order valence-electron chi connectivity index (χ2n) is 3.37. The fourth-order valence-corrected chi connectivity index (χ4v) is 3.94. The highest BCUT2D eigenvalue weighted by Crippen LogP contribution is 2.16. The highest BCUT2D eigenvalue weighted by molar-refractivity contribution is 8.03. The molecular weight excluding hydrogens is 242 g/mol. The van der Waals surface area contributed by atoms with Crippen molar-refractivity contribution in [3.63, 3.8) is 0 Å². The average Bonchev–Trinajstić information content (AvgIpc) is 2.70. The molecule has 16 heavy (non-hydrogen) atoms. The van der Waals surface area contributed by atoms with E-state index in [2.05, 4.69) is 3.77 Å². The van der Waals surface area contributed by atoms with Crippen molar-refractivity contribution >= 4 is 20.7 Å². The van der Waals surface area contributed by atoms with Gasteiger partial charge in [-0.3, -0.25) is 0 Å². The normalized spacial score (nSPS) is 15.6. The first-order valence-electron chi connectivity index (χ1n) is 4.70. The largest absolute Gasteiger partial charge is 0.288 e. The van der Waals surface area contributed by atoms with E-state index in [1.807, 2.05) is 6.92 Å². The van der Waals surface area contributed by atoms with Crippen molar-refractivity contribution in [1.29, 1.82) is 0 Å². The summed E-state index contributed by atoms with van der Waals surface area (Å²) in [6.07, 6.45) is 3.61. The Morgan fingerprint density at radius 1 is 1.06 bits per heavy atom. The average molecular weight is 253 g/mol. The molecule has 1 aromatic carbocycles. The van der Waals surface area contributed by atoms with Crippen LogP contribution >= 0.6 is 0 Å². The third-order valence-electron chi connectivity index (χ3n) is 2.05. The van der Waals surface area contributed by atoms with E-state index in [0.717, 1.165) is 5.56 Å². The molecule has 0 spiro atoms. The van der Waals surface area contributed by atoms with Gasteiger partial charge in [-0.1, -0.05) is 29.8 Å². The van der Waals surface area contributed by atoms with E-state index in [9.17, 15) is 8.42 Å². The summed E-state index contributed by atoms with van der Waals surface area (Å²) in [5, 5.41) is 3.54. The summed E-state index contributed by atoms with van der Waals surface area (Å²) in [4.78, 5) is 0.249. The summed E-state index contributed by atoms with van der Waals surface area (Å²) in [5.41, 5.74) is 1.03. The second kappa shape index (κ2) is 4.35. The van der Waals surface area contributed by atoms with Crippen LogP contribution in [0.4, 0.5) is 0 Å². The summed E-state index contributed by atoms with van der Waals surface area (Å²) < 4.78 is 27.6. The molecule has 1 heterocycles.